The van der Waals surface area contributed by atoms with Gasteiger partial charge in [-0.15, -0.1) is 0 Å². The summed E-state index contributed by atoms with van der Waals surface area (Å²) in [6, 6.07) is 20.5. The number of anilines is 1. The van der Waals surface area contributed by atoms with Crippen LogP contribution in [0.3, 0.4) is 0 Å². The SMILES string of the molecule is CC(C)(C)CN1CC(CC(=O)N2CCCC(C(=O)O)C2)OC(c2cccc3ccccc23)c2cc(Cl)ccc21. The van der Waals surface area contributed by atoms with Gasteiger partial charge in [-0.3, -0.25) is 9.59 Å². The van der Waals surface area contributed by atoms with Gasteiger partial charge in [-0.25, -0.2) is 0 Å². The van der Waals surface area contributed by atoms with Crippen LogP contribution in [0.1, 0.15) is 57.3 Å². The van der Waals surface area contributed by atoms with Gasteiger partial charge in [-0.2, -0.15) is 0 Å². The van der Waals surface area contributed by atoms with E-state index >= 15 is 0 Å². The van der Waals surface area contributed by atoms with Crippen molar-refractivity contribution in [1.29, 1.82) is 0 Å². The normalized spacial score (nSPS) is 21.9. The standard InChI is InChI=1S/C32H37ClN2O4/c1-32(2,3)20-35-19-24(17-29(36)34-15-7-10-22(18-34)31(37)38)39-30(27-16-23(33)13-14-28(27)35)26-12-6-9-21-8-4-5-11-25(21)26/h4-6,8-9,11-14,16,22,24,30H,7,10,15,17-20H2,1-3H3,(H,37,38). The van der Waals surface area contributed by atoms with Crippen LogP contribution in [-0.4, -0.2) is 54.2 Å². The molecule has 2 aliphatic rings. The van der Waals surface area contributed by atoms with Gasteiger partial charge in [0, 0.05) is 42.5 Å². The van der Waals surface area contributed by atoms with Crippen molar-refractivity contribution in [1.82, 2.24) is 4.90 Å². The molecule has 3 atom stereocenters. The fourth-order valence-electron chi connectivity index (χ4n) is 5.96. The molecule has 6 nitrogen and oxygen atoms in total. The average Bonchev–Trinajstić information content (AvgIpc) is 3.03. The Morgan fingerprint density at radius 1 is 1.03 bits per heavy atom. The number of carboxylic acids is 1. The number of benzene rings is 3. The van der Waals surface area contributed by atoms with Crippen molar-refractivity contribution in [3.05, 3.63) is 76.8 Å². The Hall–Kier alpha value is -3.09. The summed E-state index contributed by atoms with van der Waals surface area (Å²) < 4.78 is 6.90. The molecule has 1 N–H and O–H groups in total. The number of carbonyl (C=O) groups is 2. The van der Waals surface area contributed by atoms with Gasteiger partial charge in [-0.1, -0.05) is 74.8 Å². The highest BCUT2D eigenvalue weighted by Gasteiger charge is 2.35. The molecule has 5 rings (SSSR count). The summed E-state index contributed by atoms with van der Waals surface area (Å²) in [7, 11) is 0. The molecule has 1 amide bonds. The van der Waals surface area contributed by atoms with Gasteiger partial charge >= 0.3 is 5.97 Å². The van der Waals surface area contributed by atoms with E-state index in [-0.39, 0.29) is 30.4 Å². The highest BCUT2D eigenvalue weighted by atomic mass is 35.5. The smallest absolute Gasteiger partial charge is 0.308 e. The lowest BCUT2D eigenvalue weighted by molar-refractivity contribution is -0.146. The third-order valence-electron chi connectivity index (χ3n) is 7.66. The van der Waals surface area contributed by atoms with Crippen LogP contribution in [0.2, 0.25) is 5.02 Å². The molecule has 0 bridgehead atoms. The van der Waals surface area contributed by atoms with E-state index in [0.29, 0.717) is 31.0 Å². The summed E-state index contributed by atoms with van der Waals surface area (Å²) in [4.78, 5) is 29.2. The number of hydrogen-bond donors (Lipinski definition) is 1. The van der Waals surface area contributed by atoms with Crippen molar-refractivity contribution in [2.45, 2.75) is 52.2 Å². The Bertz CT molecular complexity index is 1360. The Balaban J connectivity index is 1.54. The van der Waals surface area contributed by atoms with Crippen LogP contribution in [0, 0.1) is 11.3 Å². The quantitative estimate of drug-likeness (QED) is 0.391. The number of ether oxygens (including phenoxy) is 1. The molecule has 0 spiro atoms. The Morgan fingerprint density at radius 2 is 1.79 bits per heavy atom. The summed E-state index contributed by atoms with van der Waals surface area (Å²) in [5.74, 6) is -1.40. The number of likely N-dealkylation sites (tertiary alicyclic amines) is 1. The van der Waals surface area contributed by atoms with Crippen molar-refractivity contribution in [3.8, 4) is 0 Å². The first-order valence-electron chi connectivity index (χ1n) is 13.8. The fraction of sp³-hybridized carbons (Fsp3) is 0.438. The van der Waals surface area contributed by atoms with Crippen LogP contribution in [0.25, 0.3) is 10.8 Å². The minimum absolute atomic E-state index is 0.00627. The maximum absolute atomic E-state index is 13.5. The van der Waals surface area contributed by atoms with E-state index in [1.807, 2.05) is 30.3 Å². The number of piperidine rings is 1. The van der Waals surface area contributed by atoms with E-state index in [2.05, 4.69) is 56.0 Å². The molecule has 39 heavy (non-hydrogen) atoms. The highest BCUT2D eigenvalue weighted by molar-refractivity contribution is 6.30. The topological polar surface area (TPSA) is 70.1 Å². The van der Waals surface area contributed by atoms with Crippen LogP contribution in [0.5, 0.6) is 0 Å². The lowest BCUT2D eigenvalue weighted by Crippen LogP contribution is -2.45. The van der Waals surface area contributed by atoms with E-state index < -0.39 is 18.0 Å². The van der Waals surface area contributed by atoms with E-state index in [1.165, 1.54) is 0 Å². The van der Waals surface area contributed by atoms with Crippen molar-refractivity contribution < 1.29 is 19.4 Å². The molecule has 0 aromatic heterocycles. The molecule has 1 fully saturated rings. The predicted octanol–water partition coefficient (Wildman–Crippen LogP) is 6.55. The molecular weight excluding hydrogens is 512 g/mol. The second-order valence-electron chi connectivity index (χ2n) is 12.1. The first kappa shape index (κ1) is 27.5. The van der Waals surface area contributed by atoms with Crippen molar-refractivity contribution in [3.63, 3.8) is 0 Å². The number of halogens is 1. The summed E-state index contributed by atoms with van der Waals surface area (Å²) in [5.41, 5.74) is 3.09. The summed E-state index contributed by atoms with van der Waals surface area (Å²) >= 11 is 6.56. The monoisotopic (exact) mass is 548 g/mol. The Labute approximate surface area is 235 Å². The molecule has 2 heterocycles. The average molecular weight is 549 g/mol. The Kier molecular flexibility index (Phi) is 7.88. The van der Waals surface area contributed by atoms with E-state index in [4.69, 9.17) is 16.3 Å². The number of aliphatic carboxylic acids is 1. The number of fused-ring (bicyclic) bond motifs is 2. The van der Waals surface area contributed by atoms with Gasteiger partial charge in [0.2, 0.25) is 5.91 Å². The molecule has 1 saturated heterocycles. The number of carbonyl (C=O) groups excluding carboxylic acids is 1. The molecule has 3 aromatic carbocycles. The third-order valence-corrected chi connectivity index (χ3v) is 7.90. The van der Waals surface area contributed by atoms with Crippen LogP contribution < -0.4 is 4.90 Å². The first-order valence-corrected chi connectivity index (χ1v) is 14.1. The number of nitrogens with zero attached hydrogens (tertiary/aromatic N) is 2. The number of hydrogen-bond acceptors (Lipinski definition) is 4. The maximum Gasteiger partial charge on any atom is 0.308 e. The first-order chi connectivity index (χ1) is 18.6. The molecule has 3 unspecified atom stereocenters. The van der Waals surface area contributed by atoms with Crippen LogP contribution in [0.4, 0.5) is 5.69 Å². The molecule has 7 heteroatoms. The van der Waals surface area contributed by atoms with Gasteiger partial charge in [0.1, 0.15) is 6.10 Å². The van der Waals surface area contributed by atoms with Crippen LogP contribution in [0.15, 0.2) is 60.7 Å². The summed E-state index contributed by atoms with van der Waals surface area (Å²) in [5, 5.41) is 12.4. The number of rotatable bonds is 5. The zero-order valence-corrected chi connectivity index (χ0v) is 23.7. The van der Waals surface area contributed by atoms with Gasteiger partial charge < -0.3 is 19.6 Å². The highest BCUT2D eigenvalue weighted by Crippen LogP contribution is 2.42. The van der Waals surface area contributed by atoms with E-state index in [9.17, 15) is 14.7 Å². The lowest BCUT2D eigenvalue weighted by atomic mass is 9.93. The molecule has 2 aliphatic heterocycles. The zero-order chi connectivity index (χ0) is 27.7. The number of carboxylic acid groups (broad SMARTS) is 1. The lowest BCUT2D eigenvalue weighted by Gasteiger charge is -2.34. The largest absolute Gasteiger partial charge is 0.481 e. The minimum Gasteiger partial charge on any atom is -0.481 e. The van der Waals surface area contributed by atoms with Gasteiger partial charge in [0.05, 0.1) is 18.4 Å². The molecule has 0 saturated carbocycles. The van der Waals surface area contributed by atoms with Crippen LogP contribution in [-0.2, 0) is 14.3 Å². The van der Waals surface area contributed by atoms with Crippen molar-refractivity contribution in [2.75, 3.05) is 31.1 Å². The van der Waals surface area contributed by atoms with Gasteiger partial charge in [0.25, 0.3) is 0 Å². The van der Waals surface area contributed by atoms with E-state index in [0.717, 1.165) is 34.1 Å². The molecule has 0 aliphatic carbocycles. The van der Waals surface area contributed by atoms with Crippen molar-refractivity contribution in [2.24, 2.45) is 11.3 Å². The second-order valence-corrected chi connectivity index (χ2v) is 12.5. The van der Waals surface area contributed by atoms with Crippen LogP contribution >= 0.6 is 11.6 Å². The number of amides is 1. The second kappa shape index (κ2) is 11.2. The van der Waals surface area contributed by atoms with E-state index in [1.54, 1.807) is 4.90 Å². The zero-order valence-electron chi connectivity index (χ0n) is 22.9. The maximum atomic E-state index is 13.5. The molecular formula is C32H37ClN2O4. The summed E-state index contributed by atoms with van der Waals surface area (Å²) in [6.45, 7) is 8.79. The van der Waals surface area contributed by atoms with Crippen molar-refractivity contribution >= 4 is 39.9 Å². The molecule has 206 valence electrons. The summed E-state index contributed by atoms with van der Waals surface area (Å²) in [6.07, 6.45) is 0.696. The molecule has 0 radical (unpaired) electrons. The fourth-order valence-corrected chi connectivity index (χ4v) is 6.14. The third kappa shape index (κ3) is 6.23. The Morgan fingerprint density at radius 3 is 2.56 bits per heavy atom. The molecule has 3 aromatic rings. The van der Waals surface area contributed by atoms with Gasteiger partial charge in [0.15, 0.2) is 0 Å². The minimum atomic E-state index is -0.835. The predicted molar refractivity (Wildman–Crippen MR) is 155 cm³/mol. The van der Waals surface area contributed by atoms with Gasteiger partial charge in [-0.05, 0) is 52.8 Å².